The van der Waals surface area contributed by atoms with Crippen LogP contribution in [0.5, 0.6) is 0 Å². The Kier molecular flexibility index (Phi) is 5.38. The molecule has 0 amide bonds. The van der Waals surface area contributed by atoms with Gasteiger partial charge in [0.25, 0.3) is 0 Å². The molecule has 0 spiro atoms. The molecule has 0 radical (unpaired) electrons. The maximum atomic E-state index is 14.2. The van der Waals surface area contributed by atoms with Crippen LogP contribution in [0.2, 0.25) is 0 Å². The van der Waals surface area contributed by atoms with Gasteiger partial charge in [-0.2, -0.15) is 0 Å². The molecule has 1 unspecified atom stereocenters. The lowest BCUT2D eigenvalue weighted by Crippen LogP contribution is -2.41. The summed E-state index contributed by atoms with van der Waals surface area (Å²) in [5.74, 6) is -0.184. The number of ether oxygens (including phenoxy) is 1. The molecule has 20 heavy (non-hydrogen) atoms. The fraction of sp³-hybridized carbons (Fsp3) is 0.625. The van der Waals surface area contributed by atoms with E-state index in [0.717, 1.165) is 44.5 Å². The third-order valence-corrected chi connectivity index (χ3v) is 3.76. The second-order valence-electron chi connectivity index (χ2n) is 5.55. The highest BCUT2D eigenvalue weighted by Gasteiger charge is 2.25. The number of halogens is 1. The maximum absolute atomic E-state index is 14.2. The number of anilines is 1. The first-order chi connectivity index (χ1) is 9.63. The predicted octanol–water partition coefficient (Wildman–Crippen LogP) is 3.24. The lowest BCUT2D eigenvalue weighted by atomic mass is 10.0. The van der Waals surface area contributed by atoms with Gasteiger partial charge < -0.3 is 15.4 Å². The summed E-state index contributed by atoms with van der Waals surface area (Å²) >= 11 is 0. The first-order valence-electron chi connectivity index (χ1n) is 7.54. The highest BCUT2D eigenvalue weighted by molar-refractivity contribution is 5.56. The van der Waals surface area contributed by atoms with Gasteiger partial charge in [-0.05, 0) is 37.8 Å². The van der Waals surface area contributed by atoms with E-state index in [2.05, 4.69) is 11.8 Å². The average Bonchev–Trinajstić information content (AvgIpc) is 2.45. The molecule has 1 saturated heterocycles. The summed E-state index contributed by atoms with van der Waals surface area (Å²) in [6.45, 7) is 6.39. The lowest BCUT2D eigenvalue weighted by Gasteiger charge is -2.36. The second-order valence-corrected chi connectivity index (χ2v) is 5.55. The Morgan fingerprint density at radius 1 is 1.50 bits per heavy atom. The van der Waals surface area contributed by atoms with Crippen LogP contribution < -0.4 is 10.6 Å². The van der Waals surface area contributed by atoms with E-state index in [4.69, 9.17) is 10.5 Å². The quantitative estimate of drug-likeness (QED) is 0.900. The van der Waals surface area contributed by atoms with Crippen molar-refractivity contribution in [3.8, 4) is 0 Å². The Balaban J connectivity index is 2.18. The number of para-hydroxylation sites is 1. The third kappa shape index (κ3) is 3.49. The van der Waals surface area contributed by atoms with E-state index in [1.165, 1.54) is 6.07 Å². The molecule has 4 heteroatoms. The van der Waals surface area contributed by atoms with Gasteiger partial charge in [-0.1, -0.05) is 19.1 Å². The number of nitrogens with zero attached hydrogens (tertiary/aromatic N) is 1. The molecule has 1 fully saturated rings. The number of nitrogens with two attached hydrogens (primary N) is 1. The fourth-order valence-electron chi connectivity index (χ4n) is 2.79. The zero-order valence-corrected chi connectivity index (χ0v) is 12.4. The monoisotopic (exact) mass is 280 g/mol. The zero-order chi connectivity index (χ0) is 14.5. The first kappa shape index (κ1) is 15.3. The highest BCUT2D eigenvalue weighted by Crippen LogP contribution is 2.31. The zero-order valence-electron chi connectivity index (χ0n) is 12.4. The minimum absolute atomic E-state index is 0.169. The second kappa shape index (κ2) is 7.04. The van der Waals surface area contributed by atoms with Gasteiger partial charge in [-0.25, -0.2) is 4.39 Å². The van der Waals surface area contributed by atoms with Crippen LogP contribution in [0.25, 0.3) is 0 Å². The summed E-state index contributed by atoms with van der Waals surface area (Å²) in [5.41, 5.74) is 7.52. The Morgan fingerprint density at radius 3 is 3.00 bits per heavy atom. The number of piperidine rings is 1. The van der Waals surface area contributed by atoms with Crippen molar-refractivity contribution < 1.29 is 9.13 Å². The lowest BCUT2D eigenvalue weighted by molar-refractivity contribution is 0.0439. The number of hydrogen-bond donors (Lipinski definition) is 1. The maximum Gasteiger partial charge on any atom is 0.146 e. The molecule has 0 aromatic heterocycles. The van der Waals surface area contributed by atoms with E-state index in [0.29, 0.717) is 5.69 Å². The molecule has 2 N–H and O–H groups in total. The van der Waals surface area contributed by atoms with Gasteiger partial charge in [0.1, 0.15) is 5.82 Å². The Bertz CT molecular complexity index is 436. The van der Waals surface area contributed by atoms with Gasteiger partial charge >= 0.3 is 0 Å². The number of rotatable bonds is 5. The molecule has 0 saturated carbocycles. The van der Waals surface area contributed by atoms with Crippen LogP contribution in [0.1, 0.15) is 44.7 Å². The molecule has 0 aliphatic carbocycles. The SMILES string of the molecule is CCCOC1CCCN(c2c(F)cccc2[C@H](C)N)C1. The van der Waals surface area contributed by atoms with Crippen LogP contribution in [0.4, 0.5) is 10.1 Å². The van der Waals surface area contributed by atoms with Crippen molar-refractivity contribution in [3.05, 3.63) is 29.6 Å². The molecule has 112 valence electrons. The highest BCUT2D eigenvalue weighted by atomic mass is 19.1. The van der Waals surface area contributed by atoms with E-state index >= 15 is 0 Å². The molecular formula is C16H25FN2O. The predicted molar refractivity (Wildman–Crippen MR) is 80.5 cm³/mol. The molecule has 1 aliphatic rings. The van der Waals surface area contributed by atoms with E-state index in [1.807, 2.05) is 13.0 Å². The minimum atomic E-state index is -0.184. The van der Waals surface area contributed by atoms with Gasteiger partial charge in [0.2, 0.25) is 0 Å². The van der Waals surface area contributed by atoms with Gasteiger partial charge in [-0.15, -0.1) is 0 Å². The van der Waals surface area contributed by atoms with Crippen LogP contribution in [0.15, 0.2) is 18.2 Å². The topological polar surface area (TPSA) is 38.5 Å². The van der Waals surface area contributed by atoms with Gasteiger partial charge in [0, 0.05) is 25.7 Å². The average molecular weight is 280 g/mol. The van der Waals surface area contributed by atoms with Gasteiger partial charge in [0.05, 0.1) is 11.8 Å². The Morgan fingerprint density at radius 2 is 2.30 bits per heavy atom. The summed E-state index contributed by atoms with van der Waals surface area (Å²) in [6.07, 6.45) is 3.30. The van der Waals surface area contributed by atoms with Crippen molar-refractivity contribution in [3.63, 3.8) is 0 Å². The van der Waals surface area contributed by atoms with Crippen molar-refractivity contribution in [2.75, 3.05) is 24.6 Å². The van der Waals surface area contributed by atoms with Crippen molar-refractivity contribution in [1.29, 1.82) is 0 Å². The molecule has 0 bridgehead atoms. The van der Waals surface area contributed by atoms with E-state index < -0.39 is 0 Å². The van der Waals surface area contributed by atoms with Crippen LogP contribution in [0, 0.1) is 5.82 Å². The Labute approximate surface area is 120 Å². The summed E-state index contributed by atoms with van der Waals surface area (Å²) in [5, 5.41) is 0. The van der Waals surface area contributed by atoms with Crippen molar-refractivity contribution in [2.24, 2.45) is 5.73 Å². The molecule has 1 aliphatic heterocycles. The molecule has 2 atom stereocenters. The van der Waals surface area contributed by atoms with E-state index in [1.54, 1.807) is 6.07 Å². The number of benzene rings is 1. The minimum Gasteiger partial charge on any atom is -0.376 e. The molecule has 3 nitrogen and oxygen atoms in total. The van der Waals surface area contributed by atoms with Gasteiger partial charge in [-0.3, -0.25) is 0 Å². The third-order valence-electron chi connectivity index (χ3n) is 3.76. The number of hydrogen-bond acceptors (Lipinski definition) is 3. The van der Waals surface area contributed by atoms with Crippen molar-refractivity contribution in [1.82, 2.24) is 0 Å². The smallest absolute Gasteiger partial charge is 0.146 e. The molecule has 1 aromatic rings. The molecule has 2 rings (SSSR count). The van der Waals surface area contributed by atoms with E-state index in [-0.39, 0.29) is 18.0 Å². The van der Waals surface area contributed by atoms with Gasteiger partial charge in [0.15, 0.2) is 0 Å². The summed E-state index contributed by atoms with van der Waals surface area (Å²) < 4.78 is 20.1. The molecular weight excluding hydrogens is 255 g/mol. The van der Waals surface area contributed by atoms with Crippen molar-refractivity contribution >= 4 is 5.69 Å². The van der Waals surface area contributed by atoms with Crippen LogP contribution in [0.3, 0.4) is 0 Å². The Hall–Kier alpha value is -1.13. The van der Waals surface area contributed by atoms with Crippen LogP contribution >= 0.6 is 0 Å². The summed E-state index contributed by atoms with van der Waals surface area (Å²) in [4.78, 5) is 2.10. The molecule has 1 aromatic carbocycles. The largest absolute Gasteiger partial charge is 0.376 e. The summed E-state index contributed by atoms with van der Waals surface area (Å²) in [6, 6.07) is 4.99. The standard InChI is InChI=1S/C16H25FN2O/c1-3-10-20-13-6-5-9-19(11-13)16-14(12(2)18)7-4-8-15(16)17/h4,7-8,12-13H,3,5-6,9-11,18H2,1-2H3/t12-,13?/m0/s1. The molecule has 1 heterocycles. The van der Waals surface area contributed by atoms with Crippen LogP contribution in [-0.2, 0) is 4.74 Å². The van der Waals surface area contributed by atoms with Crippen molar-refractivity contribution in [2.45, 2.75) is 45.3 Å². The van der Waals surface area contributed by atoms with Crippen LogP contribution in [-0.4, -0.2) is 25.8 Å². The normalized spacial score (nSPS) is 21.0. The summed E-state index contributed by atoms with van der Waals surface area (Å²) in [7, 11) is 0. The van der Waals surface area contributed by atoms with E-state index in [9.17, 15) is 4.39 Å². The first-order valence-corrected chi connectivity index (χ1v) is 7.54. The fourth-order valence-corrected chi connectivity index (χ4v) is 2.79.